The third-order valence-electron chi connectivity index (χ3n) is 6.00. The molecule has 0 aliphatic carbocycles. The second-order valence-electron chi connectivity index (χ2n) is 8.07. The van der Waals surface area contributed by atoms with Crippen molar-refractivity contribution < 1.29 is 0 Å². The number of hydrogen-bond donors (Lipinski definition) is 1. The summed E-state index contributed by atoms with van der Waals surface area (Å²) in [6.07, 6.45) is 2.42. The monoisotopic (exact) mass is 355 g/mol. The first-order valence-electron chi connectivity index (χ1n) is 10.1. The molecule has 1 nitrogen and oxygen atoms in total. The fourth-order valence-corrected chi connectivity index (χ4v) is 4.83. The van der Waals surface area contributed by atoms with Crippen molar-refractivity contribution in [1.29, 1.82) is 0 Å². The van der Waals surface area contributed by atoms with Crippen LogP contribution in [0.4, 0.5) is 0 Å². The quantitative estimate of drug-likeness (QED) is 0.592. The third kappa shape index (κ3) is 3.21. The molecule has 1 N–H and O–H groups in total. The van der Waals surface area contributed by atoms with Gasteiger partial charge in [-0.2, -0.15) is 0 Å². The number of rotatable bonds is 4. The van der Waals surface area contributed by atoms with Gasteiger partial charge >= 0.3 is 0 Å². The minimum absolute atomic E-state index is 0.180. The lowest BCUT2D eigenvalue weighted by atomic mass is 9.63. The predicted octanol–water partition coefficient (Wildman–Crippen LogP) is 5.70. The van der Waals surface area contributed by atoms with Crippen LogP contribution in [-0.2, 0) is 5.41 Å². The largest absolute Gasteiger partial charge is 0.312 e. The lowest BCUT2D eigenvalue weighted by molar-refractivity contribution is 0.435. The van der Waals surface area contributed by atoms with Crippen molar-refractivity contribution in [2.75, 3.05) is 6.54 Å². The van der Waals surface area contributed by atoms with Gasteiger partial charge in [-0.05, 0) is 56.8 Å². The molecule has 1 aliphatic rings. The van der Waals surface area contributed by atoms with Crippen LogP contribution in [0.3, 0.4) is 0 Å². The molecule has 3 aromatic rings. The van der Waals surface area contributed by atoms with E-state index in [4.69, 9.17) is 0 Å². The minimum atomic E-state index is -0.180. The lowest BCUT2D eigenvalue weighted by Gasteiger charge is -2.42. The average Bonchev–Trinajstić information content (AvgIpc) is 3.18. The van der Waals surface area contributed by atoms with E-state index < -0.39 is 0 Å². The van der Waals surface area contributed by atoms with Crippen LogP contribution in [0.5, 0.6) is 0 Å². The second kappa shape index (κ2) is 7.32. The summed E-state index contributed by atoms with van der Waals surface area (Å²) in [5.41, 5.74) is 7.93. The highest BCUT2D eigenvalue weighted by Crippen LogP contribution is 2.45. The molecule has 1 fully saturated rings. The molecule has 0 aromatic heterocycles. The molecule has 138 valence electrons. The Morgan fingerprint density at radius 2 is 1.15 bits per heavy atom. The molecular formula is C26H29N. The molecule has 1 heterocycles. The van der Waals surface area contributed by atoms with Gasteiger partial charge in [-0.25, -0.2) is 0 Å². The molecular weight excluding hydrogens is 326 g/mol. The summed E-state index contributed by atoms with van der Waals surface area (Å²) in [6, 6.07) is 27.7. The first-order chi connectivity index (χ1) is 13.1. The Labute approximate surface area is 163 Å². The molecule has 4 rings (SSSR count). The van der Waals surface area contributed by atoms with Crippen LogP contribution in [0.25, 0.3) is 0 Å². The Bertz CT molecular complexity index is 823. The zero-order chi connectivity index (χ0) is 18.9. The Kier molecular flexibility index (Phi) is 4.88. The van der Waals surface area contributed by atoms with E-state index in [0.29, 0.717) is 6.04 Å². The molecule has 3 aromatic carbocycles. The van der Waals surface area contributed by atoms with Gasteiger partial charge in [0, 0.05) is 6.04 Å². The van der Waals surface area contributed by atoms with Gasteiger partial charge in [-0.1, -0.05) is 89.5 Å². The zero-order valence-electron chi connectivity index (χ0n) is 16.6. The van der Waals surface area contributed by atoms with Gasteiger partial charge < -0.3 is 5.32 Å². The molecule has 0 bridgehead atoms. The lowest BCUT2D eigenvalue weighted by Crippen LogP contribution is -2.47. The van der Waals surface area contributed by atoms with Crippen molar-refractivity contribution in [1.82, 2.24) is 5.32 Å². The van der Waals surface area contributed by atoms with Gasteiger partial charge in [-0.15, -0.1) is 0 Å². The standard InChI is InChI=1S/C26H29N/c1-19-8-4-11-22(16-19)26(25-14-7-15-27-25,23-12-5-9-20(2)17-23)24-13-6-10-21(3)18-24/h4-6,8-13,16-18,25,27H,7,14-15H2,1-3H3/t25-/m0/s1. The highest BCUT2D eigenvalue weighted by atomic mass is 15.0. The molecule has 0 radical (unpaired) electrons. The predicted molar refractivity (Wildman–Crippen MR) is 114 cm³/mol. The molecule has 1 atom stereocenters. The maximum absolute atomic E-state index is 3.85. The number of hydrogen-bond acceptors (Lipinski definition) is 1. The summed E-state index contributed by atoms with van der Waals surface area (Å²) >= 11 is 0. The van der Waals surface area contributed by atoms with E-state index in [1.54, 1.807) is 0 Å². The van der Waals surface area contributed by atoms with Crippen LogP contribution in [0.1, 0.15) is 46.2 Å². The number of aryl methyl sites for hydroxylation is 3. The van der Waals surface area contributed by atoms with Crippen LogP contribution in [0.15, 0.2) is 72.8 Å². The van der Waals surface area contributed by atoms with Crippen molar-refractivity contribution in [3.8, 4) is 0 Å². The van der Waals surface area contributed by atoms with Gasteiger partial charge in [-0.3, -0.25) is 0 Å². The van der Waals surface area contributed by atoms with Crippen LogP contribution in [0, 0.1) is 20.8 Å². The van der Waals surface area contributed by atoms with Crippen molar-refractivity contribution in [2.24, 2.45) is 0 Å². The van der Waals surface area contributed by atoms with Gasteiger partial charge in [0.15, 0.2) is 0 Å². The van der Waals surface area contributed by atoms with E-state index in [0.717, 1.165) is 6.54 Å². The molecule has 1 heteroatoms. The van der Waals surface area contributed by atoms with Crippen molar-refractivity contribution >= 4 is 0 Å². The number of benzene rings is 3. The molecule has 0 spiro atoms. The fraction of sp³-hybridized carbons (Fsp3) is 0.308. The van der Waals surface area contributed by atoms with E-state index in [-0.39, 0.29) is 5.41 Å². The normalized spacial score (nSPS) is 17.2. The first kappa shape index (κ1) is 18.0. The molecule has 0 amide bonds. The maximum Gasteiger partial charge on any atom is 0.0604 e. The summed E-state index contributed by atoms with van der Waals surface area (Å²) in [5.74, 6) is 0. The smallest absolute Gasteiger partial charge is 0.0604 e. The van der Waals surface area contributed by atoms with Crippen LogP contribution in [0.2, 0.25) is 0 Å². The van der Waals surface area contributed by atoms with E-state index >= 15 is 0 Å². The van der Waals surface area contributed by atoms with Gasteiger partial charge in [0.25, 0.3) is 0 Å². The Balaban J connectivity index is 2.08. The van der Waals surface area contributed by atoms with Crippen LogP contribution in [-0.4, -0.2) is 12.6 Å². The van der Waals surface area contributed by atoms with Crippen molar-refractivity contribution in [3.63, 3.8) is 0 Å². The summed E-state index contributed by atoms with van der Waals surface area (Å²) < 4.78 is 0. The highest BCUT2D eigenvalue weighted by molar-refractivity contribution is 5.54. The first-order valence-corrected chi connectivity index (χ1v) is 10.1. The second-order valence-corrected chi connectivity index (χ2v) is 8.07. The summed E-state index contributed by atoms with van der Waals surface area (Å²) in [7, 11) is 0. The zero-order valence-corrected chi connectivity index (χ0v) is 16.6. The van der Waals surface area contributed by atoms with E-state index in [2.05, 4.69) is 98.9 Å². The Morgan fingerprint density at radius 3 is 1.48 bits per heavy atom. The molecule has 1 saturated heterocycles. The highest BCUT2D eigenvalue weighted by Gasteiger charge is 2.44. The molecule has 27 heavy (non-hydrogen) atoms. The van der Waals surface area contributed by atoms with Gasteiger partial charge in [0.05, 0.1) is 5.41 Å². The third-order valence-corrected chi connectivity index (χ3v) is 6.00. The van der Waals surface area contributed by atoms with Crippen LogP contribution >= 0.6 is 0 Å². The summed E-state index contributed by atoms with van der Waals surface area (Å²) in [6.45, 7) is 7.68. The summed E-state index contributed by atoms with van der Waals surface area (Å²) in [5, 5.41) is 3.85. The Morgan fingerprint density at radius 1 is 0.704 bits per heavy atom. The topological polar surface area (TPSA) is 12.0 Å². The Hall–Kier alpha value is -2.38. The maximum atomic E-state index is 3.85. The van der Waals surface area contributed by atoms with E-state index in [9.17, 15) is 0 Å². The van der Waals surface area contributed by atoms with E-state index in [1.807, 2.05) is 0 Å². The SMILES string of the molecule is Cc1cccc(C(c2cccc(C)c2)(c2cccc(C)c2)[C@@H]2CCCN2)c1. The number of nitrogens with one attached hydrogen (secondary N) is 1. The van der Waals surface area contributed by atoms with Crippen LogP contribution < -0.4 is 5.32 Å². The van der Waals surface area contributed by atoms with E-state index in [1.165, 1.54) is 46.2 Å². The van der Waals surface area contributed by atoms with Crippen molar-refractivity contribution in [3.05, 3.63) is 106 Å². The fourth-order valence-electron chi connectivity index (χ4n) is 4.83. The average molecular weight is 356 g/mol. The summed E-state index contributed by atoms with van der Waals surface area (Å²) in [4.78, 5) is 0. The van der Waals surface area contributed by atoms with Gasteiger partial charge in [0.2, 0.25) is 0 Å². The minimum Gasteiger partial charge on any atom is -0.312 e. The molecule has 0 saturated carbocycles. The molecule has 1 aliphatic heterocycles. The van der Waals surface area contributed by atoms with Crippen molar-refractivity contribution in [2.45, 2.75) is 45.1 Å². The van der Waals surface area contributed by atoms with Gasteiger partial charge in [0.1, 0.15) is 0 Å². The molecule has 0 unspecified atom stereocenters.